The Labute approximate surface area is 322 Å². The molecule has 3 aliphatic rings. The van der Waals surface area contributed by atoms with E-state index in [9.17, 15) is 19.2 Å². The van der Waals surface area contributed by atoms with Crippen molar-refractivity contribution in [3.05, 3.63) is 144 Å². The Kier molecular flexibility index (Phi) is 12.5. The van der Waals surface area contributed by atoms with Gasteiger partial charge in [0, 0.05) is 19.6 Å². The molecule has 7 rings (SSSR count). The van der Waals surface area contributed by atoms with Crippen LogP contribution in [0.1, 0.15) is 49.9 Å². The van der Waals surface area contributed by atoms with Gasteiger partial charge in [-0.15, -0.1) is 0 Å². The van der Waals surface area contributed by atoms with Crippen molar-refractivity contribution in [2.75, 3.05) is 20.3 Å². The van der Waals surface area contributed by atoms with E-state index < -0.39 is 85.5 Å². The molecule has 0 bridgehead atoms. The van der Waals surface area contributed by atoms with Crippen LogP contribution in [0.4, 0.5) is 0 Å². The molecule has 0 N–H and O–H groups in total. The van der Waals surface area contributed by atoms with Gasteiger partial charge in [-0.25, -0.2) is 14.4 Å². The van der Waals surface area contributed by atoms with Gasteiger partial charge in [0.25, 0.3) is 0 Å². The first-order valence-corrected chi connectivity index (χ1v) is 18.0. The Morgan fingerprint density at radius 1 is 0.536 bits per heavy atom. The summed E-state index contributed by atoms with van der Waals surface area (Å²) in [4.78, 5) is 53.5. The molecular weight excluding hydrogens is 728 g/mol. The van der Waals surface area contributed by atoms with Crippen LogP contribution in [0.25, 0.3) is 0 Å². The molecule has 0 amide bonds. The van der Waals surface area contributed by atoms with Gasteiger partial charge in [-0.2, -0.15) is 0 Å². The van der Waals surface area contributed by atoms with Gasteiger partial charge in [-0.3, -0.25) is 4.79 Å². The number of ether oxygens (including phenoxy) is 10. The van der Waals surface area contributed by atoms with E-state index in [2.05, 4.69) is 0 Å². The van der Waals surface area contributed by atoms with Crippen LogP contribution in [0.15, 0.2) is 121 Å². The quantitative estimate of drug-likeness (QED) is 0.151. The molecule has 0 unspecified atom stereocenters. The number of carbonyl (C=O) groups excluding carboxylic acids is 4. The molecule has 10 atom stereocenters. The van der Waals surface area contributed by atoms with Gasteiger partial charge < -0.3 is 47.4 Å². The highest BCUT2D eigenvalue weighted by Crippen LogP contribution is 2.38. The smallest absolute Gasteiger partial charge is 0.338 e. The highest BCUT2D eigenvalue weighted by molar-refractivity contribution is 5.91. The van der Waals surface area contributed by atoms with Crippen molar-refractivity contribution in [3.63, 3.8) is 0 Å². The Morgan fingerprint density at radius 3 is 1.59 bits per heavy atom. The first kappa shape index (κ1) is 38.8. The zero-order valence-corrected chi connectivity index (χ0v) is 30.5. The molecule has 0 spiro atoms. The average molecular weight is 769 g/mol. The molecule has 0 radical (unpaired) electrons. The van der Waals surface area contributed by atoms with Crippen LogP contribution in [-0.4, -0.2) is 99.5 Å². The number of hydrogen-bond acceptors (Lipinski definition) is 14. The normalized spacial score (nSPS) is 28.5. The summed E-state index contributed by atoms with van der Waals surface area (Å²) in [6.07, 6.45) is -12.0. The zero-order valence-electron chi connectivity index (χ0n) is 30.5. The van der Waals surface area contributed by atoms with Crippen molar-refractivity contribution in [1.29, 1.82) is 0 Å². The average Bonchev–Trinajstić information content (AvgIpc) is 3.24. The number of esters is 4. The first-order chi connectivity index (χ1) is 27.3. The van der Waals surface area contributed by atoms with E-state index in [4.69, 9.17) is 47.4 Å². The number of benzene rings is 4. The summed E-state index contributed by atoms with van der Waals surface area (Å²) in [6.45, 7) is 0.937. The minimum atomic E-state index is -1.57. The number of methoxy groups -OCH3 is 1. The van der Waals surface area contributed by atoms with Gasteiger partial charge in [-0.1, -0.05) is 84.9 Å². The lowest BCUT2D eigenvalue weighted by Crippen LogP contribution is -2.66. The first-order valence-electron chi connectivity index (χ1n) is 18.0. The van der Waals surface area contributed by atoms with Crippen LogP contribution in [0.5, 0.6) is 0 Å². The summed E-state index contributed by atoms with van der Waals surface area (Å²) >= 11 is 0. The fraction of sp³-hybridized carbons (Fsp3) is 0.333. The molecule has 3 aliphatic heterocycles. The van der Waals surface area contributed by atoms with E-state index >= 15 is 0 Å². The van der Waals surface area contributed by atoms with Crippen LogP contribution in [0.2, 0.25) is 0 Å². The third kappa shape index (κ3) is 8.97. The molecule has 292 valence electrons. The second-order valence-electron chi connectivity index (χ2n) is 13.1. The van der Waals surface area contributed by atoms with Crippen LogP contribution in [0, 0.1) is 0 Å². The molecular formula is C42H40O14. The lowest BCUT2D eigenvalue weighted by Gasteiger charge is -2.49. The zero-order chi connectivity index (χ0) is 39.0. The van der Waals surface area contributed by atoms with E-state index in [0.29, 0.717) is 0 Å². The van der Waals surface area contributed by atoms with E-state index in [1.807, 2.05) is 30.3 Å². The Bertz CT molecular complexity index is 1930. The molecule has 0 aliphatic carbocycles. The van der Waals surface area contributed by atoms with E-state index in [0.717, 1.165) is 5.56 Å². The SMILES string of the molecule is CO[C@H]1O[C@@H]2CO[C@@H](c3ccccc3)O[C@H]2[C@H](OC(C)=O)[C@@H]1O[C@@H]1OC[C@@H](OC(=O)c2ccccc2)[C@H](OC(=O)c2ccccc2)[C@H]1OC(=O)c1ccccc1. The van der Waals surface area contributed by atoms with Gasteiger partial charge in [-0.05, 0) is 36.4 Å². The van der Waals surface area contributed by atoms with Gasteiger partial charge in [0.15, 0.2) is 49.4 Å². The van der Waals surface area contributed by atoms with Crippen LogP contribution in [0.3, 0.4) is 0 Å². The molecule has 4 aromatic rings. The summed E-state index contributed by atoms with van der Waals surface area (Å²) < 4.78 is 60.9. The number of carbonyl (C=O) groups is 4. The van der Waals surface area contributed by atoms with Crippen LogP contribution >= 0.6 is 0 Å². The van der Waals surface area contributed by atoms with Gasteiger partial charge >= 0.3 is 23.9 Å². The monoisotopic (exact) mass is 768 g/mol. The van der Waals surface area contributed by atoms with Crippen molar-refractivity contribution in [2.45, 2.75) is 68.5 Å². The standard InChI is InChI=1S/C42H40O14/c1-25(43)50-34-32-31(24-48-40(55-32)29-21-13-6-14-22-29)52-41(47-2)36(34)56-42-35(54-39(46)28-19-11-5-12-20-28)33(53-38(45)27-17-9-4-10-18-27)30(23-49-42)51-37(44)26-15-7-3-8-16-26/h3-22,30-36,40-42H,23-24H2,1-2H3/t30-,31-,32-,33+,34+,35-,36+,40-,41+,42+/m1/s1. The largest absolute Gasteiger partial charge is 0.457 e. The molecule has 3 fully saturated rings. The van der Waals surface area contributed by atoms with Crippen molar-refractivity contribution in [3.8, 4) is 0 Å². The maximum absolute atomic E-state index is 13.8. The summed E-state index contributed by atoms with van der Waals surface area (Å²) in [5.41, 5.74) is 1.30. The fourth-order valence-electron chi connectivity index (χ4n) is 6.68. The second-order valence-corrected chi connectivity index (χ2v) is 13.1. The fourth-order valence-corrected chi connectivity index (χ4v) is 6.68. The Hall–Kier alpha value is -5.48. The molecule has 14 heteroatoms. The van der Waals surface area contributed by atoms with Gasteiger partial charge in [0.2, 0.25) is 0 Å². The summed E-state index contributed by atoms with van der Waals surface area (Å²) in [6, 6.07) is 33.7. The van der Waals surface area contributed by atoms with Crippen LogP contribution < -0.4 is 0 Å². The predicted molar refractivity (Wildman–Crippen MR) is 193 cm³/mol. The van der Waals surface area contributed by atoms with Crippen molar-refractivity contribution >= 4 is 23.9 Å². The number of hydrogen-bond donors (Lipinski definition) is 0. The molecule has 0 aromatic heterocycles. The molecule has 4 aromatic carbocycles. The summed E-state index contributed by atoms with van der Waals surface area (Å²) in [5, 5.41) is 0. The predicted octanol–water partition coefficient (Wildman–Crippen LogP) is 4.82. The molecule has 3 saturated heterocycles. The van der Waals surface area contributed by atoms with E-state index in [-0.39, 0.29) is 29.9 Å². The lowest BCUT2D eigenvalue weighted by molar-refractivity contribution is -0.385. The van der Waals surface area contributed by atoms with Crippen LogP contribution in [-0.2, 0) is 52.2 Å². The molecule has 14 nitrogen and oxygen atoms in total. The molecule has 0 saturated carbocycles. The minimum Gasteiger partial charge on any atom is -0.457 e. The Balaban J connectivity index is 1.23. The molecule has 56 heavy (non-hydrogen) atoms. The van der Waals surface area contributed by atoms with Crippen molar-refractivity contribution in [2.24, 2.45) is 0 Å². The minimum absolute atomic E-state index is 0.0672. The number of fused-ring (bicyclic) bond motifs is 1. The lowest BCUT2D eigenvalue weighted by atomic mass is 9.96. The third-order valence-electron chi connectivity index (χ3n) is 9.34. The molecule has 3 heterocycles. The highest BCUT2D eigenvalue weighted by atomic mass is 16.8. The Morgan fingerprint density at radius 2 is 1.05 bits per heavy atom. The topological polar surface area (TPSA) is 161 Å². The summed E-state index contributed by atoms with van der Waals surface area (Å²) in [5.74, 6) is -3.00. The third-order valence-corrected chi connectivity index (χ3v) is 9.34. The van der Waals surface area contributed by atoms with Crippen molar-refractivity contribution in [1.82, 2.24) is 0 Å². The second kappa shape index (κ2) is 18.0. The summed E-state index contributed by atoms with van der Waals surface area (Å²) in [7, 11) is 1.38. The van der Waals surface area contributed by atoms with Gasteiger partial charge in [0.05, 0.1) is 29.9 Å². The highest BCUT2D eigenvalue weighted by Gasteiger charge is 2.56. The maximum atomic E-state index is 13.8. The van der Waals surface area contributed by atoms with Gasteiger partial charge in [0.1, 0.15) is 12.2 Å². The van der Waals surface area contributed by atoms with E-state index in [1.54, 1.807) is 78.9 Å². The van der Waals surface area contributed by atoms with E-state index in [1.165, 1.54) is 26.2 Å². The maximum Gasteiger partial charge on any atom is 0.338 e. The number of rotatable bonds is 11. The van der Waals surface area contributed by atoms with Crippen molar-refractivity contribution < 1.29 is 66.5 Å².